The van der Waals surface area contributed by atoms with Crippen molar-refractivity contribution in [3.8, 4) is 0 Å². The molecule has 1 aromatic carbocycles. The maximum Gasteiger partial charge on any atom is 0.389 e. The number of nitrogens with one attached hydrogen (secondary N) is 3. The standard InChI is InChI=1S/C23H27F3N6O2.C6H10F2/c1-32-19(8-10-28-32)22(34)27-13-20-29-16-6-5-15(12-18(16)30-20)17(11-14-3-2-4-14)31-21(33)7-9-23(24,25)26;7-6(8)4-2-1-3-5-6/h5-6,8,10,12,14,17H,2-4,7,9,11,13H2,1H3,(H,27,34)(H,29,30)(H,31,33);1-5H2/t17-;/m0./s1. The molecule has 2 aliphatic carbocycles. The fourth-order valence-electron chi connectivity index (χ4n) is 5.16. The third-order valence-electron chi connectivity index (χ3n) is 7.78. The van der Waals surface area contributed by atoms with Crippen LogP contribution in [0.15, 0.2) is 30.5 Å². The number of aromatic nitrogens is 4. The minimum absolute atomic E-state index is 0.118. The smallest absolute Gasteiger partial charge is 0.349 e. The molecule has 3 N–H and O–H groups in total. The van der Waals surface area contributed by atoms with Gasteiger partial charge in [0.2, 0.25) is 11.8 Å². The van der Waals surface area contributed by atoms with Gasteiger partial charge in [-0.15, -0.1) is 0 Å². The van der Waals surface area contributed by atoms with Gasteiger partial charge in [0.15, 0.2) is 0 Å². The van der Waals surface area contributed by atoms with E-state index >= 15 is 0 Å². The molecule has 0 bridgehead atoms. The van der Waals surface area contributed by atoms with E-state index in [2.05, 4.69) is 25.7 Å². The number of amides is 2. The van der Waals surface area contributed by atoms with Crippen LogP contribution in [-0.2, 0) is 18.4 Å². The Morgan fingerprint density at radius 2 is 1.86 bits per heavy atom. The topological polar surface area (TPSA) is 105 Å². The molecule has 2 aromatic heterocycles. The molecule has 3 aromatic rings. The van der Waals surface area contributed by atoms with Crippen LogP contribution in [0.4, 0.5) is 22.0 Å². The molecule has 2 amide bonds. The Kier molecular flexibility index (Phi) is 10.2. The lowest BCUT2D eigenvalue weighted by molar-refractivity contribution is -0.144. The highest BCUT2D eigenvalue weighted by atomic mass is 19.4. The third kappa shape index (κ3) is 9.25. The van der Waals surface area contributed by atoms with Crippen molar-refractivity contribution in [2.75, 3.05) is 0 Å². The minimum Gasteiger partial charge on any atom is -0.349 e. The zero-order chi connectivity index (χ0) is 30.3. The van der Waals surface area contributed by atoms with Gasteiger partial charge in [0, 0.05) is 32.5 Å². The summed E-state index contributed by atoms with van der Waals surface area (Å²) in [5.41, 5.74) is 2.66. The SMILES string of the molecule is Cn1nccc1C(=O)NCc1nc2ccc([C@H](CC3CCC3)NC(=O)CCC(F)(F)F)cc2[nH]1.FC1(F)CCCCC1. The fraction of sp³-hybridized carbons (Fsp3) is 0.586. The number of benzene rings is 1. The summed E-state index contributed by atoms with van der Waals surface area (Å²) < 4.78 is 63.4. The highest BCUT2D eigenvalue weighted by molar-refractivity contribution is 5.92. The molecular formula is C29H37F5N6O2. The van der Waals surface area contributed by atoms with E-state index < -0.39 is 30.8 Å². The molecule has 2 heterocycles. The number of rotatable bonds is 9. The normalized spacial score (nSPS) is 17.6. The summed E-state index contributed by atoms with van der Waals surface area (Å²) in [5.74, 6) is -2.19. The Bertz CT molecular complexity index is 1340. The van der Waals surface area contributed by atoms with E-state index in [1.807, 2.05) is 18.2 Å². The monoisotopic (exact) mass is 596 g/mol. The highest BCUT2D eigenvalue weighted by Gasteiger charge is 2.31. The van der Waals surface area contributed by atoms with E-state index in [1.165, 1.54) is 4.68 Å². The summed E-state index contributed by atoms with van der Waals surface area (Å²) >= 11 is 0. The summed E-state index contributed by atoms with van der Waals surface area (Å²) in [7, 11) is 1.68. The van der Waals surface area contributed by atoms with Crippen LogP contribution in [-0.4, -0.2) is 43.7 Å². The molecule has 2 saturated carbocycles. The van der Waals surface area contributed by atoms with Crippen LogP contribution in [0.2, 0.25) is 0 Å². The molecular weight excluding hydrogens is 559 g/mol. The van der Waals surface area contributed by atoms with Gasteiger partial charge in [0.1, 0.15) is 11.5 Å². The molecule has 0 saturated heterocycles. The molecule has 42 heavy (non-hydrogen) atoms. The molecule has 13 heteroatoms. The molecule has 0 unspecified atom stereocenters. The summed E-state index contributed by atoms with van der Waals surface area (Å²) in [6.45, 7) is 0.188. The maximum absolute atomic E-state index is 12.5. The minimum atomic E-state index is -4.36. The second-order valence-electron chi connectivity index (χ2n) is 11.2. The lowest BCUT2D eigenvalue weighted by Gasteiger charge is -2.30. The van der Waals surface area contributed by atoms with Crippen molar-refractivity contribution in [3.63, 3.8) is 0 Å². The van der Waals surface area contributed by atoms with Gasteiger partial charge in [0.25, 0.3) is 5.91 Å². The lowest BCUT2D eigenvalue weighted by Crippen LogP contribution is -2.32. The lowest BCUT2D eigenvalue weighted by atomic mass is 9.79. The predicted octanol–water partition coefficient (Wildman–Crippen LogP) is 6.50. The second kappa shape index (κ2) is 13.6. The summed E-state index contributed by atoms with van der Waals surface area (Å²) in [4.78, 5) is 32.2. The molecule has 0 aliphatic heterocycles. The van der Waals surface area contributed by atoms with Crippen molar-refractivity contribution in [1.29, 1.82) is 0 Å². The second-order valence-corrected chi connectivity index (χ2v) is 11.2. The van der Waals surface area contributed by atoms with E-state index in [9.17, 15) is 31.5 Å². The molecule has 5 rings (SSSR count). The van der Waals surface area contributed by atoms with Crippen LogP contribution < -0.4 is 10.6 Å². The van der Waals surface area contributed by atoms with Gasteiger partial charge in [-0.1, -0.05) is 31.7 Å². The van der Waals surface area contributed by atoms with Crippen LogP contribution in [0.25, 0.3) is 11.0 Å². The van der Waals surface area contributed by atoms with Crippen molar-refractivity contribution in [3.05, 3.63) is 47.5 Å². The number of fused-ring (bicyclic) bond motifs is 1. The number of carbonyl (C=O) groups excluding carboxylic acids is 2. The van der Waals surface area contributed by atoms with E-state index in [0.29, 0.717) is 42.2 Å². The van der Waals surface area contributed by atoms with Gasteiger partial charge in [-0.3, -0.25) is 14.3 Å². The number of alkyl halides is 5. The number of hydrogen-bond acceptors (Lipinski definition) is 4. The van der Waals surface area contributed by atoms with E-state index in [4.69, 9.17) is 0 Å². The number of carbonyl (C=O) groups is 2. The number of aryl methyl sites for hydroxylation is 1. The quantitative estimate of drug-likeness (QED) is 0.245. The highest BCUT2D eigenvalue weighted by Crippen LogP contribution is 2.36. The van der Waals surface area contributed by atoms with E-state index in [-0.39, 0.29) is 31.3 Å². The van der Waals surface area contributed by atoms with Gasteiger partial charge >= 0.3 is 6.18 Å². The van der Waals surface area contributed by atoms with Crippen molar-refractivity contribution >= 4 is 22.8 Å². The molecule has 2 fully saturated rings. The Morgan fingerprint density at radius 3 is 2.43 bits per heavy atom. The molecule has 230 valence electrons. The van der Waals surface area contributed by atoms with Crippen molar-refractivity contribution in [1.82, 2.24) is 30.4 Å². The molecule has 0 spiro atoms. The zero-order valence-electron chi connectivity index (χ0n) is 23.6. The first-order valence-electron chi connectivity index (χ1n) is 14.4. The first kappa shape index (κ1) is 31.4. The third-order valence-corrected chi connectivity index (χ3v) is 7.78. The van der Waals surface area contributed by atoms with Crippen molar-refractivity contribution in [2.45, 2.75) is 95.3 Å². The van der Waals surface area contributed by atoms with Gasteiger partial charge in [-0.2, -0.15) is 18.3 Å². The zero-order valence-corrected chi connectivity index (χ0v) is 23.6. The van der Waals surface area contributed by atoms with Crippen LogP contribution in [0.1, 0.15) is 98.5 Å². The van der Waals surface area contributed by atoms with E-state index in [1.54, 1.807) is 19.3 Å². The Hall–Kier alpha value is -3.51. The fourth-order valence-corrected chi connectivity index (χ4v) is 5.16. The average Bonchev–Trinajstić information content (AvgIpc) is 3.52. The largest absolute Gasteiger partial charge is 0.389 e. The Balaban J connectivity index is 0.000000437. The number of aromatic amines is 1. The first-order valence-corrected chi connectivity index (χ1v) is 14.4. The number of nitrogens with zero attached hydrogens (tertiary/aromatic N) is 3. The van der Waals surface area contributed by atoms with Crippen LogP contribution in [0, 0.1) is 5.92 Å². The average molecular weight is 597 g/mol. The van der Waals surface area contributed by atoms with Crippen LogP contribution in [0.3, 0.4) is 0 Å². The summed E-state index contributed by atoms with van der Waals surface area (Å²) in [6, 6.07) is 6.76. The maximum atomic E-state index is 12.5. The Labute approximate surface area is 240 Å². The molecule has 0 radical (unpaired) electrons. The van der Waals surface area contributed by atoms with Gasteiger partial charge < -0.3 is 15.6 Å². The van der Waals surface area contributed by atoms with Crippen molar-refractivity contribution < 1.29 is 31.5 Å². The molecule has 2 aliphatic rings. The van der Waals surface area contributed by atoms with E-state index in [0.717, 1.165) is 36.8 Å². The van der Waals surface area contributed by atoms with Crippen LogP contribution >= 0.6 is 0 Å². The van der Waals surface area contributed by atoms with Crippen molar-refractivity contribution in [2.24, 2.45) is 13.0 Å². The first-order chi connectivity index (χ1) is 19.9. The molecule has 8 nitrogen and oxygen atoms in total. The van der Waals surface area contributed by atoms with Gasteiger partial charge in [-0.05, 0) is 48.9 Å². The number of halogens is 5. The number of imidazole rings is 1. The number of hydrogen-bond donors (Lipinski definition) is 3. The van der Waals surface area contributed by atoms with Gasteiger partial charge in [0.05, 0.1) is 30.0 Å². The van der Waals surface area contributed by atoms with Gasteiger partial charge in [-0.25, -0.2) is 13.8 Å². The Morgan fingerprint density at radius 1 is 1.12 bits per heavy atom. The molecule has 1 atom stereocenters. The summed E-state index contributed by atoms with van der Waals surface area (Å²) in [5, 5.41) is 9.57. The predicted molar refractivity (Wildman–Crippen MR) is 147 cm³/mol. The number of H-pyrrole nitrogens is 1. The summed E-state index contributed by atoms with van der Waals surface area (Å²) in [6.07, 6.45) is 2.05. The van der Waals surface area contributed by atoms with Crippen LogP contribution in [0.5, 0.6) is 0 Å².